The zero-order valence-electron chi connectivity index (χ0n) is 9.16. The van der Waals surface area contributed by atoms with E-state index < -0.39 is 0 Å². The first kappa shape index (κ1) is 11.1. The molecular formula is C12H19NO. The van der Waals surface area contributed by atoms with Gasteiger partial charge in [-0.15, -0.1) is 0 Å². The first-order valence-electron chi connectivity index (χ1n) is 5.14. The van der Waals surface area contributed by atoms with Crippen molar-refractivity contribution in [3.8, 4) is 5.75 Å². The van der Waals surface area contributed by atoms with Crippen molar-refractivity contribution < 1.29 is 4.74 Å². The minimum atomic E-state index is 0.0558. The summed E-state index contributed by atoms with van der Waals surface area (Å²) in [5.41, 5.74) is 7.02. The Balaban J connectivity index is 2.66. The summed E-state index contributed by atoms with van der Waals surface area (Å²) >= 11 is 0. The first-order valence-corrected chi connectivity index (χ1v) is 5.14. The van der Waals surface area contributed by atoms with Crippen LogP contribution in [-0.2, 0) is 6.42 Å². The number of hydrogen-bond acceptors (Lipinski definition) is 2. The van der Waals surface area contributed by atoms with E-state index in [1.54, 1.807) is 0 Å². The molecule has 2 N–H and O–H groups in total. The van der Waals surface area contributed by atoms with Crippen LogP contribution in [0.2, 0.25) is 0 Å². The van der Waals surface area contributed by atoms with Crippen molar-refractivity contribution in [3.63, 3.8) is 0 Å². The maximum Gasteiger partial charge on any atom is 0.120 e. The van der Waals surface area contributed by atoms with E-state index in [2.05, 4.69) is 19.1 Å². The van der Waals surface area contributed by atoms with E-state index >= 15 is 0 Å². The third-order valence-corrected chi connectivity index (χ3v) is 2.37. The average Bonchev–Trinajstić information content (AvgIpc) is 2.18. The lowest BCUT2D eigenvalue weighted by Crippen LogP contribution is -2.33. The molecule has 0 heterocycles. The molecule has 14 heavy (non-hydrogen) atoms. The summed E-state index contributed by atoms with van der Waals surface area (Å²) in [4.78, 5) is 0. The minimum absolute atomic E-state index is 0.0558. The van der Waals surface area contributed by atoms with E-state index in [9.17, 15) is 0 Å². The lowest BCUT2D eigenvalue weighted by molar-refractivity contribution is 0.196. The van der Waals surface area contributed by atoms with E-state index in [-0.39, 0.29) is 12.1 Å². The second kappa shape index (κ2) is 5.01. The number of benzene rings is 1. The Morgan fingerprint density at radius 1 is 1.36 bits per heavy atom. The quantitative estimate of drug-likeness (QED) is 0.796. The Bertz CT molecular complexity index is 283. The van der Waals surface area contributed by atoms with Gasteiger partial charge in [0.15, 0.2) is 0 Å². The van der Waals surface area contributed by atoms with Crippen LogP contribution >= 0.6 is 0 Å². The zero-order chi connectivity index (χ0) is 10.6. The molecule has 0 spiro atoms. The summed E-state index contributed by atoms with van der Waals surface area (Å²) in [6.45, 7) is 6.08. The molecule has 0 saturated heterocycles. The van der Waals surface area contributed by atoms with Crippen LogP contribution in [0.15, 0.2) is 24.3 Å². The highest BCUT2D eigenvalue weighted by Crippen LogP contribution is 2.15. The standard InChI is InChI=1S/C12H19NO/c1-4-11-6-5-7-12(8-11)14-10(3)9(2)13/h5-10H,4,13H2,1-3H3/t9-,10?/m1/s1. The predicted molar refractivity (Wildman–Crippen MR) is 59.6 cm³/mol. The predicted octanol–water partition coefficient (Wildman–Crippen LogP) is 2.36. The fourth-order valence-corrected chi connectivity index (χ4v) is 1.16. The van der Waals surface area contributed by atoms with Gasteiger partial charge in [-0.05, 0) is 38.0 Å². The van der Waals surface area contributed by atoms with Crippen LogP contribution in [0.4, 0.5) is 0 Å². The number of ether oxygens (including phenoxy) is 1. The van der Waals surface area contributed by atoms with Gasteiger partial charge in [0.25, 0.3) is 0 Å². The number of nitrogens with two attached hydrogens (primary N) is 1. The molecule has 1 rings (SSSR count). The molecule has 2 heteroatoms. The molecule has 0 radical (unpaired) electrons. The van der Waals surface area contributed by atoms with Crippen LogP contribution in [0.5, 0.6) is 5.75 Å². The third kappa shape index (κ3) is 3.04. The highest BCUT2D eigenvalue weighted by atomic mass is 16.5. The van der Waals surface area contributed by atoms with Crippen molar-refractivity contribution in [1.82, 2.24) is 0 Å². The lowest BCUT2D eigenvalue weighted by Gasteiger charge is -2.18. The van der Waals surface area contributed by atoms with Crippen molar-refractivity contribution in [1.29, 1.82) is 0 Å². The van der Waals surface area contributed by atoms with Gasteiger partial charge in [-0.3, -0.25) is 0 Å². The Morgan fingerprint density at radius 2 is 2.07 bits per heavy atom. The molecule has 0 aliphatic heterocycles. The van der Waals surface area contributed by atoms with Gasteiger partial charge in [0.1, 0.15) is 11.9 Å². The SMILES string of the molecule is CCc1cccc(OC(C)[C@@H](C)N)c1. The zero-order valence-corrected chi connectivity index (χ0v) is 9.16. The van der Waals surface area contributed by atoms with Crippen LogP contribution in [0.1, 0.15) is 26.3 Å². The fraction of sp³-hybridized carbons (Fsp3) is 0.500. The van der Waals surface area contributed by atoms with Gasteiger partial charge in [0.2, 0.25) is 0 Å². The maximum atomic E-state index is 5.73. The van der Waals surface area contributed by atoms with Crippen LogP contribution < -0.4 is 10.5 Å². The topological polar surface area (TPSA) is 35.2 Å². The van der Waals surface area contributed by atoms with Crippen LogP contribution in [-0.4, -0.2) is 12.1 Å². The normalized spacial score (nSPS) is 14.9. The molecule has 1 aromatic carbocycles. The summed E-state index contributed by atoms with van der Waals surface area (Å²) in [7, 11) is 0. The monoisotopic (exact) mass is 193 g/mol. The molecule has 78 valence electrons. The molecule has 2 atom stereocenters. The van der Waals surface area contributed by atoms with Crippen molar-refractivity contribution in [3.05, 3.63) is 29.8 Å². The van der Waals surface area contributed by atoms with Gasteiger partial charge >= 0.3 is 0 Å². The van der Waals surface area contributed by atoms with Crippen LogP contribution in [0, 0.1) is 0 Å². The molecule has 2 nitrogen and oxygen atoms in total. The summed E-state index contributed by atoms with van der Waals surface area (Å²) < 4.78 is 5.69. The Hall–Kier alpha value is -1.02. The molecular weight excluding hydrogens is 174 g/mol. The van der Waals surface area contributed by atoms with E-state index in [1.807, 2.05) is 26.0 Å². The largest absolute Gasteiger partial charge is 0.489 e. The Morgan fingerprint density at radius 3 is 2.64 bits per heavy atom. The van der Waals surface area contributed by atoms with Gasteiger partial charge in [-0.25, -0.2) is 0 Å². The summed E-state index contributed by atoms with van der Waals surface area (Å²) in [6, 6.07) is 8.21. The summed E-state index contributed by atoms with van der Waals surface area (Å²) in [5.74, 6) is 0.911. The molecule has 0 amide bonds. The van der Waals surface area contributed by atoms with Crippen molar-refractivity contribution in [2.75, 3.05) is 0 Å². The molecule has 1 unspecified atom stereocenters. The molecule has 0 aliphatic rings. The van der Waals surface area contributed by atoms with E-state index in [4.69, 9.17) is 10.5 Å². The smallest absolute Gasteiger partial charge is 0.120 e. The van der Waals surface area contributed by atoms with Gasteiger partial charge in [0, 0.05) is 6.04 Å². The maximum absolute atomic E-state index is 5.73. The van der Waals surface area contributed by atoms with Gasteiger partial charge in [-0.1, -0.05) is 19.1 Å². The highest BCUT2D eigenvalue weighted by Gasteiger charge is 2.08. The molecule has 0 aromatic heterocycles. The summed E-state index contributed by atoms with van der Waals surface area (Å²) in [5, 5.41) is 0. The second-order valence-electron chi connectivity index (χ2n) is 3.68. The van der Waals surface area contributed by atoms with E-state index in [1.165, 1.54) is 5.56 Å². The molecule has 0 fully saturated rings. The first-order chi connectivity index (χ1) is 6.63. The van der Waals surface area contributed by atoms with Gasteiger partial charge in [-0.2, -0.15) is 0 Å². The van der Waals surface area contributed by atoms with Gasteiger partial charge < -0.3 is 10.5 Å². The Kier molecular flexibility index (Phi) is 3.96. The van der Waals surface area contributed by atoms with Crippen LogP contribution in [0.3, 0.4) is 0 Å². The lowest BCUT2D eigenvalue weighted by atomic mass is 10.1. The van der Waals surface area contributed by atoms with Gasteiger partial charge in [0.05, 0.1) is 0 Å². The third-order valence-electron chi connectivity index (χ3n) is 2.37. The van der Waals surface area contributed by atoms with Crippen molar-refractivity contribution in [2.24, 2.45) is 5.73 Å². The second-order valence-corrected chi connectivity index (χ2v) is 3.68. The molecule has 1 aromatic rings. The average molecular weight is 193 g/mol. The highest BCUT2D eigenvalue weighted by molar-refractivity contribution is 5.28. The minimum Gasteiger partial charge on any atom is -0.489 e. The summed E-state index contributed by atoms with van der Waals surface area (Å²) in [6.07, 6.45) is 1.09. The van der Waals surface area contributed by atoms with E-state index in [0.717, 1.165) is 12.2 Å². The van der Waals surface area contributed by atoms with Crippen molar-refractivity contribution >= 4 is 0 Å². The fourth-order valence-electron chi connectivity index (χ4n) is 1.16. The van der Waals surface area contributed by atoms with Crippen molar-refractivity contribution in [2.45, 2.75) is 39.3 Å². The molecule has 0 aliphatic carbocycles. The number of aryl methyl sites for hydroxylation is 1. The number of hydrogen-bond donors (Lipinski definition) is 1. The molecule has 0 bridgehead atoms. The van der Waals surface area contributed by atoms with E-state index in [0.29, 0.717) is 0 Å². The molecule has 0 saturated carbocycles. The van der Waals surface area contributed by atoms with Crippen LogP contribution in [0.25, 0.3) is 0 Å². The Labute approximate surface area is 86.1 Å². The number of rotatable bonds is 4.